The number of aromatic nitrogens is 2. The molecular weight excluding hydrogens is 464 g/mol. The van der Waals surface area contributed by atoms with E-state index in [1.807, 2.05) is 42.5 Å². The number of nitrogens with zero attached hydrogens (tertiary/aromatic N) is 4. The Morgan fingerprint density at radius 2 is 2.00 bits per heavy atom. The molecular formula is C26H25ClN6O2. The monoisotopic (exact) mass is 488 g/mol. The SMILES string of the molecule is COCC(N)=N/N=C\c1ccc2ncnc(Nc3ccc(OCc4cccc(C)c4)c(Cl)c3)c2c1. The van der Waals surface area contributed by atoms with Crippen molar-refractivity contribution in [3.8, 4) is 5.75 Å². The van der Waals surface area contributed by atoms with E-state index in [0.29, 0.717) is 29.0 Å². The average Bonchev–Trinajstić information content (AvgIpc) is 2.84. The molecule has 0 aliphatic heterocycles. The van der Waals surface area contributed by atoms with Gasteiger partial charge in [-0.1, -0.05) is 47.5 Å². The van der Waals surface area contributed by atoms with E-state index in [9.17, 15) is 0 Å². The number of rotatable bonds is 9. The van der Waals surface area contributed by atoms with Crippen LogP contribution in [0.2, 0.25) is 5.02 Å². The fourth-order valence-corrected chi connectivity index (χ4v) is 3.63. The van der Waals surface area contributed by atoms with E-state index in [-0.39, 0.29) is 6.61 Å². The number of anilines is 2. The molecule has 9 heteroatoms. The summed E-state index contributed by atoms with van der Waals surface area (Å²) in [5.41, 5.74) is 10.3. The maximum atomic E-state index is 6.50. The number of nitrogens with two attached hydrogens (primary N) is 1. The van der Waals surface area contributed by atoms with Gasteiger partial charge in [0.25, 0.3) is 0 Å². The molecule has 0 fully saturated rings. The molecule has 0 saturated carbocycles. The molecule has 0 amide bonds. The summed E-state index contributed by atoms with van der Waals surface area (Å²) in [6, 6.07) is 19.4. The predicted molar refractivity (Wildman–Crippen MR) is 141 cm³/mol. The van der Waals surface area contributed by atoms with Crippen molar-refractivity contribution in [1.82, 2.24) is 9.97 Å². The van der Waals surface area contributed by atoms with Crippen LogP contribution in [-0.4, -0.2) is 35.7 Å². The first-order chi connectivity index (χ1) is 17.0. The van der Waals surface area contributed by atoms with Crippen molar-refractivity contribution in [3.63, 3.8) is 0 Å². The highest BCUT2D eigenvalue weighted by Crippen LogP contribution is 2.31. The van der Waals surface area contributed by atoms with Crippen LogP contribution in [0.1, 0.15) is 16.7 Å². The maximum absolute atomic E-state index is 6.50. The van der Waals surface area contributed by atoms with Crippen molar-refractivity contribution < 1.29 is 9.47 Å². The number of aryl methyl sites for hydroxylation is 1. The van der Waals surface area contributed by atoms with Crippen LogP contribution in [0, 0.1) is 6.92 Å². The van der Waals surface area contributed by atoms with Gasteiger partial charge in [0.2, 0.25) is 0 Å². The maximum Gasteiger partial charge on any atom is 0.148 e. The molecule has 0 radical (unpaired) electrons. The number of hydrogen-bond donors (Lipinski definition) is 2. The van der Waals surface area contributed by atoms with Crippen molar-refractivity contribution in [2.45, 2.75) is 13.5 Å². The lowest BCUT2D eigenvalue weighted by atomic mass is 10.1. The van der Waals surface area contributed by atoms with Crippen LogP contribution >= 0.6 is 11.6 Å². The molecule has 0 aliphatic carbocycles. The van der Waals surface area contributed by atoms with Crippen LogP contribution in [0.3, 0.4) is 0 Å². The van der Waals surface area contributed by atoms with Gasteiger partial charge < -0.3 is 20.5 Å². The predicted octanol–water partition coefficient (Wildman–Crippen LogP) is 5.25. The number of amidine groups is 1. The van der Waals surface area contributed by atoms with Gasteiger partial charge in [0.1, 0.15) is 36.9 Å². The Morgan fingerprint density at radius 3 is 2.80 bits per heavy atom. The van der Waals surface area contributed by atoms with Gasteiger partial charge in [-0.15, -0.1) is 5.10 Å². The van der Waals surface area contributed by atoms with Gasteiger partial charge in [0, 0.05) is 18.2 Å². The number of hydrogen-bond acceptors (Lipinski definition) is 7. The van der Waals surface area contributed by atoms with Crippen LogP contribution in [0.5, 0.6) is 5.75 Å². The fourth-order valence-electron chi connectivity index (χ4n) is 3.40. The van der Waals surface area contributed by atoms with E-state index in [1.54, 1.807) is 19.4 Å². The van der Waals surface area contributed by atoms with E-state index in [2.05, 4.69) is 44.5 Å². The van der Waals surface area contributed by atoms with Gasteiger partial charge in [-0.2, -0.15) is 5.10 Å². The zero-order valence-corrected chi connectivity index (χ0v) is 20.2. The zero-order chi connectivity index (χ0) is 24.6. The van der Waals surface area contributed by atoms with Crippen molar-refractivity contribution in [3.05, 3.63) is 88.7 Å². The van der Waals surface area contributed by atoms with Crippen LogP contribution in [0.4, 0.5) is 11.5 Å². The van der Waals surface area contributed by atoms with E-state index in [0.717, 1.165) is 27.7 Å². The Bertz CT molecular complexity index is 1390. The Balaban J connectivity index is 1.51. The number of fused-ring (bicyclic) bond motifs is 1. The third kappa shape index (κ3) is 6.53. The first-order valence-electron chi connectivity index (χ1n) is 10.9. The highest BCUT2D eigenvalue weighted by molar-refractivity contribution is 6.32. The van der Waals surface area contributed by atoms with Crippen molar-refractivity contribution in [2.75, 3.05) is 19.0 Å². The van der Waals surface area contributed by atoms with Crippen LogP contribution in [-0.2, 0) is 11.3 Å². The first-order valence-corrected chi connectivity index (χ1v) is 11.2. The van der Waals surface area contributed by atoms with E-state index < -0.39 is 0 Å². The molecule has 1 heterocycles. The lowest BCUT2D eigenvalue weighted by Gasteiger charge is -2.12. The van der Waals surface area contributed by atoms with E-state index >= 15 is 0 Å². The molecule has 3 N–H and O–H groups in total. The van der Waals surface area contributed by atoms with E-state index in [1.165, 1.54) is 11.9 Å². The number of nitrogens with one attached hydrogen (secondary N) is 1. The van der Waals surface area contributed by atoms with Crippen molar-refractivity contribution in [2.24, 2.45) is 15.9 Å². The van der Waals surface area contributed by atoms with Gasteiger partial charge >= 0.3 is 0 Å². The van der Waals surface area contributed by atoms with Crippen LogP contribution < -0.4 is 15.8 Å². The summed E-state index contributed by atoms with van der Waals surface area (Å²) >= 11 is 6.50. The highest BCUT2D eigenvalue weighted by Gasteiger charge is 2.08. The Morgan fingerprint density at radius 1 is 1.11 bits per heavy atom. The highest BCUT2D eigenvalue weighted by atomic mass is 35.5. The molecule has 0 spiro atoms. The van der Waals surface area contributed by atoms with Gasteiger partial charge in [-0.3, -0.25) is 0 Å². The normalized spacial score (nSPS) is 11.8. The topological polar surface area (TPSA) is 107 Å². The van der Waals surface area contributed by atoms with Crippen LogP contribution in [0.15, 0.2) is 77.2 Å². The Kier molecular flexibility index (Phi) is 7.87. The minimum atomic E-state index is 0.218. The van der Waals surface area contributed by atoms with Gasteiger partial charge in [-0.05, 0) is 48.4 Å². The Labute approximate surface area is 208 Å². The third-order valence-corrected chi connectivity index (χ3v) is 5.31. The number of ether oxygens (including phenoxy) is 2. The zero-order valence-electron chi connectivity index (χ0n) is 19.4. The standard InChI is InChI=1S/C26H25ClN6O2/c1-17-4-3-5-19(10-17)14-35-24-9-7-20(12-22(24)27)32-26-21-11-18(6-8-23(21)29-16-30-26)13-31-33-25(28)15-34-2/h3-13,16H,14-15H2,1-2H3,(H2,28,33)(H,29,30,32)/b31-13-. The molecule has 4 rings (SSSR count). The van der Waals surface area contributed by atoms with Crippen molar-refractivity contribution in [1.29, 1.82) is 0 Å². The smallest absolute Gasteiger partial charge is 0.148 e. The molecule has 0 unspecified atom stereocenters. The summed E-state index contributed by atoms with van der Waals surface area (Å²) in [7, 11) is 1.54. The molecule has 8 nitrogen and oxygen atoms in total. The number of benzene rings is 3. The molecule has 0 bridgehead atoms. The second-order valence-corrected chi connectivity index (χ2v) is 8.22. The number of halogens is 1. The molecule has 4 aromatic rings. The minimum Gasteiger partial charge on any atom is -0.487 e. The molecule has 3 aromatic carbocycles. The molecule has 1 aromatic heterocycles. The van der Waals surface area contributed by atoms with Gasteiger partial charge in [-0.25, -0.2) is 9.97 Å². The molecule has 35 heavy (non-hydrogen) atoms. The molecule has 178 valence electrons. The van der Waals surface area contributed by atoms with E-state index in [4.69, 9.17) is 26.8 Å². The summed E-state index contributed by atoms with van der Waals surface area (Å²) in [4.78, 5) is 8.75. The third-order valence-electron chi connectivity index (χ3n) is 5.02. The average molecular weight is 489 g/mol. The summed E-state index contributed by atoms with van der Waals surface area (Å²) in [5, 5.41) is 12.5. The quantitative estimate of drug-likeness (QED) is 0.189. The summed E-state index contributed by atoms with van der Waals surface area (Å²) in [5.74, 6) is 1.54. The van der Waals surface area contributed by atoms with Crippen molar-refractivity contribution >= 4 is 46.1 Å². The lowest BCUT2D eigenvalue weighted by Crippen LogP contribution is -2.17. The summed E-state index contributed by atoms with van der Waals surface area (Å²) < 4.78 is 10.8. The lowest BCUT2D eigenvalue weighted by molar-refractivity contribution is 0.244. The molecule has 0 saturated heterocycles. The van der Waals surface area contributed by atoms with Crippen LogP contribution in [0.25, 0.3) is 10.9 Å². The fraction of sp³-hybridized carbons (Fsp3) is 0.154. The Hall–Kier alpha value is -4.01. The molecule has 0 atom stereocenters. The number of methoxy groups -OCH3 is 1. The van der Waals surface area contributed by atoms with Gasteiger partial charge in [0.05, 0.1) is 16.8 Å². The molecule has 0 aliphatic rings. The summed E-state index contributed by atoms with van der Waals surface area (Å²) in [6.07, 6.45) is 3.12. The second kappa shape index (κ2) is 11.4. The summed E-state index contributed by atoms with van der Waals surface area (Å²) in [6.45, 7) is 2.71. The largest absolute Gasteiger partial charge is 0.487 e. The first kappa shape index (κ1) is 24.1. The second-order valence-electron chi connectivity index (χ2n) is 7.82. The van der Waals surface area contributed by atoms with Gasteiger partial charge in [0.15, 0.2) is 0 Å². The minimum absolute atomic E-state index is 0.218.